The fraction of sp³-hybridized carbons (Fsp3) is 0.364. The van der Waals surface area contributed by atoms with Crippen LogP contribution in [0.4, 0.5) is 5.69 Å². The number of ether oxygens (including phenoxy) is 1. The Morgan fingerprint density at radius 3 is 2.29 bits per heavy atom. The van der Waals surface area contributed by atoms with Gasteiger partial charge in [-0.2, -0.15) is 0 Å². The zero-order valence-electron chi connectivity index (χ0n) is 23.3. The second-order valence-corrected chi connectivity index (χ2v) is 12.1. The van der Waals surface area contributed by atoms with Crippen molar-refractivity contribution in [1.82, 2.24) is 10.2 Å². The molecular weight excluding hydrogens is 554 g/mol. The Morgan fingerprint density at radius 1 is 0.976 bits per heavy atom. The van der Waals surface area contributed by atoms with Gasteiger partial charge in [-0.3, -0.25) is 14.4 Å². The molecule has 3 aliphatic rings. The van der Waals surface area contributed by atoms with E-state index >= 15 is 0 Å². The number of aliphatic hydroxyl groups excluding tert-OH is 1. The predicted octanol–water partition coefficient (Wildman–Crippen LogP) is 3.96. The van der Waals surface area contributed by atoms with Crippen molar-refractivity contribution < 1.29 is 24.2 Å². The molecule has 6 atom stereocenters. The number of aliphatic hydroxyl groups is 1. The molecule has 6 rings (SSSR count). The molecule has 0 aromatic heterocycles. The molecule has 218 valence electrons. The van der Waals surface area contributed by atoms with E-state index in [1.807, 2.05) is 67.6 Å². The fourth-order valence-electron chi connectivity index (χ4n) is 7.25. The minimum Gasteiger partial charge on any atom is -0.394 e. The van der Waals surface area contributed by atoms with E-state index in [0.29, 0.717) is 36.5 Å². The van der Waals surface area contributed by atoms with E-state index in [1.165, 1.54) is 4.90 Å². The van der Waals surface area contributed by atoms with E-state index in [1.54, 1.807) is 24.3 Å². The highest BCUT2D eigenvalue weighted by Crippen LogP contribution is 2.63. The van der Waals surface area contributed by atoms with Crippen molar-refractivity contribution in [2.24, 2.45) is 11.8 Å². The Hall–Kier alpha value is -3.72. The van der Waals surface area contributed by atoms with E-state index in [-0.39, 0.29) is 18.4 Å². The first-order chi connectivity index (χ1) is 20.3. The van der Waals surface area contributed by atoms with Crippen molar-refractivity contribution in [2.45, 2.75) is 56.0 Å². The number of fused-ring (bicyclic) bond motifs is 1. The molecule has 3 aromatic rings. The Labute approximate surface area is 250 Å². The molecule has 3 saturated heterocycles. The highest BCUT2D eigenvalue weighted by molar-refractivity contribution is 6.33. The average Bonchev–Trinajstić information content (AvgIpc) is 3.57. The molecule has 2 unspecified atom stereocenters. The van der Waals surface area contributed by atoms with E-state index in [4.69, 9.17) is 16.3 Å². The predicted molar refractivity (Wildman–Crippen MR) is 158 cm³/mol. The molecular formula is C33H34ClN3O5. The molecule has 3 aromatic carbocycles. The van der Waals surface area contributed by atoms with Gasteiger partial charge in [0.05, 0.1) is 40.8 Å². The van der Waals surface area contributed by atoms with Gasteiger partial charge >= 0.3 is 0 Å². The zero-order chi connectivity index (χ0) is 29.5. The number of anilines is 1. The third-order valence-corrected chi connectivity index (χ3v) is 9.43. The molecule has 42 heavy (non-hydrogen) atoms. The number of carbonyl (C=O) groups is 3. The number of likely N-dealkylation sites (tertiary alicyclic amines) is 1. The molecule has 3 fully saturated rings. The molecule has 3 aliphatic heterocycles. The Bertz CT molecular complexity index is 1490. The summed E-state index contributed by atoms with van der Waals surface area (Å²) in [6, 6.07) is 24.2. The van der Waals surface area contributed by atoms with Crippen LogP contribution in [0, 0.1) is 11.8 Å². The minimum atomic E-state index is -1.23. The van der Waals surface area contributed by atoms with Gasteiger partial charge in [0.1, 0.15) is 11.6 Å². The van der Waals surface area contributed by atoms with Crippen LogP contribution in [0.1, 0.15) is 30.9 Å². The number of hydrogen-bond acceptors (Lipinski definition) is 5. The third-order valence-electron chi connectivity index (χ3n) is 9.10. The normalized spacial score (nSPS) is 28.4. The molecule has 3 N–H and O–H groups in total. The molecule has 2 bridgehead atoms. The summed E-state index contributed by atoms with van der Waals surface area (Å²) in [6.45, 7) is 1.82. The zero-order valence-corrected chi connectivity index (χ0v) is 24.1. The van der Waals surface area contributed by atoms with Crippen LogP contribution in [0.25, 0.3) is 0 Å². The van der Waals surface area contributed by atoms with E-state index < -0.39 is 41.0 Å². The van der Waals surface area contributed by atoms with Crippen LogP contribution in [0.3, 0.4) is 0 Å². The van der Waals surface area contributed by atoms with Gasteiger partial charge in [-0.1, -0.05) is 84.4 Å². The van der Waals surface area contributed by atoms with Crippen LogP contribution in [0.5, 0.6) is 0 Å². The number of halogens is 1. The largest absolute Gasteiger partial charge is 0.394 e. The monoisotopic (exact) mass is 587 g/mol. The quantitative estimate of drug-likeness (QED) is 0.351. The highest BCUT2D eigenvalue weighted by Gasteiger charge is 2.78. The van der Waals surface area contributed by atoms with Gasteiger partial charge in [-0.15, -0.1) is 0 Å². The van der Waals surface area contributed by atoms with Crippen molar-refractivity contribution in [3.05, 3.63) is 101 Å². The number of nitrogens with zero attached hydrogens (tertiary/aromatic N) is 1. The second kappa shape index (κ2) is 11.2. The molecule has 0 radical (unpaired) electrons. The summed E-state index contributed by atoms with van der Waals surface area (Å²) in [4.78, 5) is 44.0. The van der Waals surface area contributed by atoms with Gasteiger partial charge in [0, 0.05) is 6.54 Å². The van der Waals surface area contributed by atoms with Crippen LogP contribution in [0.15, 0.2) is 84.9 Å². The summed E-state index contributed by atoms with van der Waals surface area (Å²) in [5.41, 5.74) is 0.129. The smallest absolute Gasteiger partial charge is 0.250 e. The lowest BCUT2D eigenvalue weighted by Crippen LogP contribution is -2.57. The van der Waals surface area contributed by atoms with Crippen LogP contribution < -0.4 is 10.6 Å². The van der Waals surface area contributed by atoms with Gasteiger partial charge in [-0.05, 0) is 49.4 Å². The van der Waals surface area contributed by atoms with Crippen molar-refractivity contribution in [3.8, 4) is 0 Å². The van der Waals surface area contributed by atoms with Gasteiger partial charge in [0.15, 0.2) is 0 Å². The maximum Gasteiger partial charge on any atom is 0.250 e. The minimum absolute atomic E-state index is 0.281. The summed E-state index contributed by atoms with van der Waals surface area (Å²) in [6.07, 6.45) is 1.29. The Balaban J connectivity index is 1.37. The number of rotatable bonds is 9. The van der Waals surface area contributed by atoms with Crippen LogP contribution in [0.2, 0.25) is 5.02 Å². The van der Waals surface area contributed by atoms with Crippen LogP contribution in [-0.2, 0) is 32.1 Å². The third kappa shape index (κ3) is 4.77. The summed E-state index contributed by atoms with van der Waals surface area (Å²) >= 11 is 6.38. The van der Waals surface area contributed by atoms with E-state index in [2.05, 4.69) is 10.6 Å². The first-order valence-electron chi connectivity index (χ1n) is 14.3. The van der Waals surface area contributed by atoms with Crippen molar-refractivity contribution in [2.75, 3.05) is 11.9 Å². The Morgan fingerprint density at radius 2 is 1.62 bits per heavy atom. The van der Waals surface area contributed by atoms with Crippen molar-refractivity contribution in [3.63, 3.8) is 0 Å². The number of carbonyl (C=O) groups excluding carboxylic acids is 3. The van der Waals surface area contributed by atoms with Crippen molar-refractivity contribution in [1.29, 1.82) is 0 Å². The number of hydrogen-bond donors (Lipinski definition) is 3. The molecule has 3 amide bonds. The molecule has 9 heteroatoms. The summed E-state index contributed by atoms with van der Waals surface area (Å²) < 4.78 is 6.71. The lowest BCUT2D eigenvalue weighted by atomic mass is 9.66. The summed E-state index contributed by atoms with van der Waals surface area (Å²) in [5, 5.41) is 16.9. The SMILES string of the molecule is C[C@]12CCC3(O1)C(C(=O)Nc1ccccc1Cl)N([C@@H](CO)Cc1ccccc1)C(=O)[C@@H]3[C@H]2C(=O)NCc1ccccc1. The van der Waals surface area contributed by atoms with Gasteiger partial charge in [0.25, 0.3) is 0 Å². The molecule has 3 heterocycles. The lowest BCUT2D eigenvalue weighted by molar-refractivity contribution is -0.148. The number of para-hydroxylation sites is 1. The summed E-state index contributed by atoms with van der Waals surface area (Å²) in [5.74, 6) is -2.76. The first kappa shape index (κ1) is 28.4. The molecule has 0 saturated carbocycles. The second-order valence-electron chi connectivity index (χ2n) is 11.7. The number of benzene rings is 3. The maximum atomic E-state index is 14.5. The average molecular weight is 588 g/mol. The standard InChI is InChI=1S/C33H34ClN3O5/c1-32-16-17-33(42-32)27(26(32)29(39)35-19-22-12-6-3-7-13-22)31(41)37(23(20-38)18-21-10-4-2-5-11-21)28(33)30(40)36-25-15-9-8-14-24(25)34/h2-15,23,26-28,38H,16-20H2,1H3,(H,35,39)(H,36,40)/t23-,26+,27+,28?,32-,33?/m1/s1. The summed E-state index contributed by atoms with van der Waals surface area (Å²) in [7, 11) is 0. The lowest BCUT2D eigenvalue weighted by Gasteiger charge is -2.37. The molecule has 8 nitrogen and oxygen atoms in total. The fourth-order valence-corrected chi connectivity index (χ4v) is 7.44. The van der Waals surface area contributed by atoms with Crippen LogP contribution in [-0.4, -0.2) is 57.6 Å². The van der Waals surface area contributed by atoms with Gasteiger partial charge in [-0.25, -0.2) is 0 Å². The van der Waals surface area contributed by atoms with E-state index in [9.17, 15) is 19.5 Å². The van der Waals surface area contributed by atoms with Gasteiger partial charge < -0.3 is 25.4 Å². The topological polar surface area (TPSA) is 108 Å². The number of amides is 3. The van der Waals surface area contributed by atoms with Crippen molar-refractivity contribution >= 4 is 35.0 Å². The highest BCUT2D eigenvalue weighted by atomic mass is 35.5. The Kier molecular flexibility index (Phi) is 7.55. The van der Waals surface area contributed by atoms with Gasteiger partial charge in [0.2, 0.25) is 17.7 Å². The maximum absolute atomic E-state index is 14.5. The van der Waals surface area contributed by atoms with Crippen LogP contribution >= 0.6 is 11.6 Å². The molecule has 1 spiro atoms. The molecule has 0 aliphatic carbocycles. The first-order valence-corrected chi connectivity index (χ1v) is 14.7. The number of nitrogens with one attached hydrogen (secondary N) is 2. The van der Waals surface area contributed by atoms with E-state index in [0.717, 1.165) is 11.1 Å².